The Morgan fingerprint density at radius 3 is 1.82 bits per heavy atom. The molecule has 11 heteroatoms. The van der Waals surface area contributed by atoms with Gasteiger partial charge in [-0.1, -0.05) is 0 Å². The standard InChI is InChI=1S/C17H24F3NO6S/c18-16(19,20)10-28(22,23)21-3-1-15(2-4-21)24-26-17(27-25-15)13-6-11-5-12(8-13)9-14(17)7-11/h11-14H,1-10H2. The molecule has 2 aliphatic heterocycles. The fourth-order valence-electron chi connectivity index (χ4n) is 5.99. The van der Waals surface area contributed by atoms with Crippen molar-refractivity contribution >= 4 is 10.0 Å². The molecule has 0 aromatic carbocycles. The van der Waals surface area contributed by atoms with Gasteiger partial charge in [0.15, 0.2) is 5.75 Å². The van der Waals surface area contributed by atoms with E-state index in [1.54, 1.807) is 0 Å². The average molecular weight is 427 g/mol. The lowest BCUT2D eigenvalue weighted by molar-refractivity contribution is -0.680. The van der Waals surface area contributed by atoms with E-state index in [1.807, 2.05) is 0 Å². The van der Waals surface area contributed by atoms with E-state index in [1.165, 1.54) is 6.42 Å². The van der Waals surface area contributed by atoms with E-state index < -0.39 is 33.5 Å². The van der Waals surface area contributed by atoms with E-state index >= 15 is 0 Å². The molecular formula is C17H24F3NO6S. The Morgan fingerprint density at radius 1 is 0.857 bits per heavy atom. The van der Waals surface area contributed by atoms with Gasteiger partial charge in [-0.05, 0) is 43.9 Å². The van der Waals surface area contributed by atoms with E-state index in [2.05, 4.69) is 0 Å². The van der Waals surface area contributed by atoms with Gasteiger partial charge in [0.05, 0.1) is 0 Å². The van der Waals surface area contributed by atoms with Crippen LogP contribution in [0.15, 0.2) is 0 Å². The first-order valence-electron chi connectivity index (χ1n) is 9.87. The van der Waals surface area contributed by atoms with Crippen molar-refractivity contribution in [3.8, 4) is 0 Å². The van der Waals surface area contributed by atoms with Gasteiger partial charge < -0.3 is 0 Å². The van der Waals surface area contributed by atoms with E-state index in [9.17, 15) is 21.6 Å². The Kier molecular flexibility index (Phi) is 4.37. The molecule has 7 nitrogen and oxygen atoms in total. The highest BCUT2D eigenvalue weighted by atomic mass is 32.2. The van der Waals surface area contributed by atoms with Gasteiger partial charge in [-0.2, -0.15) is 32.7 Å². The van der Waals surface area contributed by atoms with Gasteiger partial charge in [0.25, 0.3) is 0 Å². The van der Waals surface area contributed by atoms with Crippen molar-refractivity contribution in [3.05, 3.63) is 0 Å². The highest BCUT2D eigenvalue weighted by Gasteiger charge is 2.64. The van der Waals surface area contributed by atoms with Crippen LogP contribution >= 0.6 is 0 Å². The molecule has 0 radical (unpaired) electrons. The highest BCUT2D eigenvalue weighted by molar-refractivity contribution is 7.89. The minimum absolute atomic E-state index is 0.0424. The lowest BCUT2D eigenvalue weighted by Crippen LogP contribution is -2.65. The third kappa shape index (κ3) is 3.18. The molecule has 0 aromatic rings. The Labute approximate surface area is 161 Å². The zero-order valence-electron chi connectivity index (χ0n) is 15.3. The van der Waals surface area contributed by atoms with Crippen molar-refractivity contribution in [1.29, 1.82) is 0 Å². The van der Waals surface area contributed by atoms with Crippen molar-refractivity contribution in [1.82, 2.24) is 4.31 Å². The average Bonchev–Trinajstić information content (AvgIpc) is 2.59. The van der Waals surface area contributed by atoms with E-state index in [4.69, 9.17) is 19.6 Å². The van der Waals surface area contributed by atoms with Crippen LogP contribution in [0.5, 0.6) is 0 Å². The number of rotatable bonds is 2. The minimum Gasteiger partial charge on any atom is -0.212 e. The second-order valence-corrected chi connectivity index (χ2v) is 11.0. The SMILES string of the molecule is O=S(=O)(CC(F)(F)F)N1CCC2(CC1)OOC1(OO2)C2CC3CC(C2)CC1C3. The summed E-state index contributed by atoms with van der Waals surface area (Å²) in [5, 5.41) is 0. The Balaban J connectivity index is 1.22. The summed E-state index contributed by atoms with van der Waals surface area (Å²) in [4.78, 5) is 23.0. The topological polar surface area (TPSA) is 74.3 Å². The lowest BCUT2D eigenvalue weighted by Gasteiger charge is -2.60. The van der Waals surface area contributed by atoms with Crippen LogP contribution in [0.1, 0.15) is 44.9 Å². The summed E-state index contributed by atoms with van der Waals surface area (Å²) in [5.74, 6) is -2.20. The van der Waals surface area contributed by atoms with Crippen LogP contribution in [-0.2, 0) is 29.6 Å². The van der Waals surface area contributed by atoms with Crippen LogP contribution in [0.3, 0.4) is 0 Å². The predicted octanol–water partition coefficient (Wildman–Crippen LogP) is 2.73. The van der Waals surface area contributed by atoms with Crippen molar-refractivity contribution in [2.24, 2.45) is 23.7 Å². The summed E-state index contributed by atoms with van der Waals surface area (Å²) in [5.41, 5.74) is 0. The zero-order valence-corrected chi connectivity index (χ0v) is 16.1. The molecule has 0 amide bonds. The summed E-state index contributed by atoms with van der Waals surface area (Å²) in [6, 6.07) is 0. The molecule has 4 bridgehead atoms. The summed E-state index contributed by atoms with van der Waals surface area (Å²) < 4.78 is 62.2. The molecule has 2 heterocycles. The maximum atomic E-state index is 12.5. The molecule has 160 valence electrons. The smallest absolute Gasteiger partial charge is 0.212 e. The molecule has 0 atom stereocenters. The molecule has 0 N–H and O–H groups in total. The first-order valence-corrected chi connectivity index (χ1v) is 11.5. The molecule has 6 aliphatic rings. The van der Waals surface area contributed by atoms with E-state index in [0.29, 0.717) is 11.8 Å². The van der Waals surface area contributed by atoms with Crippen molar-refractivity contribution in [2.75, 3.05) is 18.8 Å². The van der Waals surface area contributed by atoms with Gasteiger partial charge in [0.1, 0.15) is 0 Å². The number of alkyl halides is 3. The number of sulfonamides is 1. The summed E-state index contributed by atoms with van der Waals surface area (Å²) >= 11 is 0. The maximum absolute atomic E-state index is 12.5. The molecule has 4 aliphatic carbocycles. The monoisotopic (exact) mass is 427 g/mol. The lowest BCUT2D eigenvalue weighted by atomic mass is 9.53. The molecule has 2 saturated heterocycles. The number of piperidine rings is 1. The van der Waals surface area contributed by atoms with Crippen molar-refractivity contribution in [2.45, 2.75) is 62.7 Å². The Bertz CT molecular complexity index is 694. The zero-order chi connectivity index (χ0) is 19.8. The first-order chi connectivity index (χ1) is 13.1. The van der Waals surface area contributed by atoms with Crippen LogP contribution in [-0.4, -0.2) is 49.3 Å². The highest BCUT2D eigenvalue weighted by Crippen LogP contribution is 2.61. The summed E-state index contributed by atoms with van der Waals surface area (Å²) in [7, 11) is -4.42. The third-order valence-electron chi connectivity index (χ3n) is 7.15. The van der Waals surface area contributed by atoms with Crippen molar-refractivity contribution in [3.63, 3.8) is 0 Å². The predicted molar refractivity (Wildman–Crippen MR) is 87.5 cm³/mol. The number of halogens is 3. The van der Waals surface area contributed by atoms with E-state index in [-0.39, 0.29) is 37.8 Å². The van der Waals surface area contributed by atoms with Crippen LogP contribution in [0.25, 0.3) is 0 Å². The fourth-order valence-corrected chi connectivity index (χ4v) is 7.33. The maximum Gasteiger partial charge on any atom is 0.404 e. The number of nitrogens with zero attached hydrogens (tertiary/aromatic N) is 1. The van der Waals surface area contributed by atoms with Crippen LogP contribution in [0, 0.1) is 23.7 Å². The van der Waals surface area contributed by atoms with Gasteiger partial charge in [-0.25, -0.2) is 12.7 Å². The van der Waals surface area contributed by atoms with Crippen LogP contribution < -0.4 is 0 Å². The van der Waals surface area contributed by atoms with Crippen LogP contribution in [0.2, 0.25) is 0 Å². The molecule has 6 fully saturated rings. The van der Waals surface area contributed by atoms with Crippen molar-refractivity contribution < 1.29 is 41.1 Å². The summed E-state index contributed by atoms with van der Waals surface area (Å²) in [6.07, 6.45) is 0.682. The molecule has 6 rings (SSSR count). The molecule has 4 saturated carbocycles. The molecular weight excluding hydrogens is 403 g/mol. The van der Waals surface area contributed by atoms with Gasteiger partial charge in [-0.15, -0.1) is 0 Å². The minimum atomic E-state index is -4.77. The fraction of sp³-hybridized carbons (Fsp3) is 1.00. The molecule has 0 aromatic heterocycles. The second-order valence-electron chi connectivity index (χ2n) is 9.04. The normalized spacial score (nSPS) is 39.7. The quantitative estimate of drug-likeness (QED) is 0.631. The summed E-state index contributed by atoms with van der Waals surface area (Å²) in [6.45, 7) is -0.287. The third-order valence-corrected chi connectivity index (χ3v) is 8.99. The first kappa shape index (κ1) is 19.5. The van der Waals surface area contributed by atoms with Gasteiger partial charge in [-0.3, -0.25) is 0 Å². The largest absolute Gasteiger partial charge is 0.404 e. The van der Waals surface area contributed by atoms with Gasteiger partial charge in [0.2, 0.25) is 21.6 Å². The van der Waals surface area contributed by atoms with Crippen LogP contribution in [0.4, 0.5) is 13.2 Å². The molecule has 2 spiro atoms. The molecule has 0 unspecified atom stereocenters. The number of hydrogen-bond donors (Lipinski definition) is 0. The van der Waals surface area contributed by atoms with Gasteiger partial charge in [0, 0.05) is 37.8 Å². The number of hydrogen-bond acceptors (Lipinski definition) is 6. The van der Waals surface area contributed by atoms with E-state index in [0.717, 1.165) is 30.0 Å². The second kappa shape index (κ2) is 6.27. The van der Waals surface area contributed by atoms with Gasteiger partial charge >= 0.3 is 6.18 Å². The molecule has 28 heavy (non-hydrogen) atoms. The Morgan fingerprint density at radius 2 is 1.36 bits per heavy atom. The Hall–Kier alpha value is -0.460.